The van der Waals surface area contributed by atoms with Gasteiger partial charge in [-0.25, -0.2) is 5.43 Å². The molecule has 0 spiro atoms. The van der Waals surface area contributed by atoms with Crippen molar-refractivity contribution in [1.82, 2.24) is 5.43 Å². The monoisotopic (exact) mass is 424 g/mol. The minimum Gasteiger partial charge on any atom is -0.489 e. The molecule has 1 atom stereocenters. The van der Waals surface area contributed by atoms with Crippen LogP contribution in [0.5, 0.6) is 5.75 Å². The SMILES string of the molecule is CC(Sc1ccccc1)C(=O)N/N=C/c1ccc(OCc2cccc(Cl)c2)cc1. The van der Waals surface area contributed by atoms with E-state index in [4.69, 9.17) is 16.3 Å². The van der Waals surface area contributed by atoms with Crippen molar-refractivity contribution >= 4 is 35.5 Å². The van der Waals surface area contributed by atoms with E-state index in [1.165, 1.54) is 11.8 Å². The first-order valence-electron chi connectivity index (χ1n) is 9.12. The van der Waals surface area contributed by atoms with Crippen LogP contribution in [-0.2, 0) is 11.4 Å². The first-order valence-corrected chi connectivity index (χ1v) is 10.4. The predicted octanol–water partition coefficient (Wildman–Crippen LogP) is 5.55. The number of thioether (sulfide) groups is 1. The lowest BCUT2D eigenvalue weighted by Crippen LogP contribution is -2.26. The highest BCUT2D eigenvalue weighted by Gasteiger charge is 2.13. The second-order valence-electron chi connectivity index (χ2n) is 6.30. The third-order valence-corrected chi connectivity index (χ3v) is 5.34. The number of carbonyl (C=O) groups excluding carboxylic acids is 1. The quantitative estimate of drug-likeness (QED) is 0.293. The molecule has 1 amide bonds. The fourth-order valence-corrected chi connectivity index (χ4v) is 3.56. The molecule has 0 aromatic heterocycles. The van der Waals surface area contributed by atoms with Crippen LogP contribution in [0.15, 0.2) is 88.9 Å². The van der Waals surface area contributed by atoms with E-state index >= 15 is 0 Å². The van der Waals surface area contributed by atoms with Gasteiger partial charge in [0.15, 0.2) is 0 Å². The molecular weight excluding hydrogens is 404 g/mol. The van der Waals surface area contributed by atoms with Gasteiger partial charge < -0.3 is 4.74 Å². The minimum absolute atomic E-state index is 0.142. The minimum atomic E-state index is -0.239. The maximum Gasteiger partial charge on any atom is 0.253 e. The highest BCUT2D eigenvalue weighted by atomic mass is 35.5. The Bertz CT molecular complexity index is 962. The lowest BCUT2D eigenvalue weighted by Gasteiger charge is -2.09. The third-order valence-electron chi connectivity index (χ3n) is 3.99. The van der Waals surface area contributed by atoms with Gasteiger partial charge in [-0.15, -0.1) is 11.8 Å². The molecule has 4 nitrogen and oxygen atoms in total. The molecule has 0 bridgehead atoms. The normalized spacial score (nSPS) is 11.9. The number of rotatable bonds is 8. The average molecular weight is 425 g/mol. The van der Waals surface area contributed by atoms with Crippen LogP contribution >= 0.6 is 23.4 Å². The van der Waals surface area contributed by atoms with E-state index in [9.17, 15) is 4.79 Å². The molecule has 0 saturated heterocycles. The van der Waals surface area contributed by atoms with Crippen molar-refractivity contribution in [2.24, 2.45) is 5.10 Å². The smallest absolute Gasteiger partial charge is 0.253 e. The van der Waals surface area contributed by atoms with Gasteiger partial charge in [-0.3, -0.25) is 4.79 Å². The average Bonchev–Trinajstić information content (AvgIpc) is 2.74. The Balaban J connectivity index is 1.46. The molecule has 1 N–H and O–H groups in total. The molecule has 29 heavy (non-hydrogen) atoms. The van der Waals surface area contributed by atoms with E-state index in [0.717, 1.165) is 21.8 Å². The van der Waals surface area contributed by atoms with E-state index in [1.807, 2.05) is 85.8 Å². The first-order chi connectivity index (χ1) is 14.1. The highest BCUT2D eigenvalue weighted by molar-refractivity contribution is 8.00. The zero-order valence-electron chi connectivity index (χ0n) is 15.9. The molecule has 1 unspecified atom stereocenters. The molecular formula is C23H21ClN2O2S. The Morgan fingerprint density at radius 3 is 2.59 bits per heavy atom. The molecule has 3 aromatic carbocycles. The Morgan fingerprint density at radius 2 is 1.86 bits per heavy atom. The summed E-state index contributed by atoms with van der Waals surface area (Å²) in [5.41, 5.74) is 4.46. The van der Waals surface area contributed by atoms with Gasteiger partial charge in [0.1, 0.15) is 12.4 Å². The van der Waals surface area contributed by atoms with Gasteiger partial charge in [0.05, 0.1) is 11.5 Å². The molecule has 0 heterocycles. The van der Waals surface area contributed by atoms with Crippen LogP contribution in [0, 0.1) is 0 Å². The van der Waals surface area contributed by atoms with E-state index in [1.54, 1.807) is 6.21 Å². The summed E-state index contributed by atoms with van der Waals surface area (Å²) in [4.78, 5) is 13.2. The van der Waals surface area contributed by atoms with Crippen LogP contribution in [0.3, 0.4) is 0 Å². The second kappa shape index (κ2) is 10.7. The maximum atomic E-state index is 12.2. The number of hydrogen-bond acceptors (Lipinski definition) is 4. The molecule has 0 saturated carbocycles. The number of amides is 1. The van der Waals surface area contributed by atoms with E-state index < -0.39 is 0 Å². The van der Waals surface area contributed by atoms with Crippen LogP contribution in [0.4, 0.5) is 0 Å². The first kappa shape index (κ1) is 21.0. The van der Waals surface area contributed by atoms with Gasteiger partial charge in [-0.1, -0.05) is 41.9 Å². The van der Waals surface area contributed by atoms with Crippen LogP contribution < -0.4 is 10.2 Å². The molecule has 0 aliphatic heterocycles. The number of carbonyl (C=O) groups is 1. The number of nitrogens with zero attached hydrogens (tertiary/aromatic N) is 1. The van der Waals surface area contributed by atoms with Crippen molar-refractivity contribution < 1.29 is 9.53 Å². The number of hydrogen-bond donors (Lipinski definition) is 1. The fourth-order valence-electron chi connectivity index (χ4n) is 2.46. The Morgan fingerprint density at radius 1 is 1.10 bits per heavy atom. The zero-order chi connectivity index (χ0) is 20.5. The highest BCUT2D eigenvalue weighted by Crippen LogP contribution is 2.22. The summed E-state index contributed by atoms with van der Waals surface area (Å²) in [5.74, 6) is 0.607. The summed E-state index contributed by atoms with van der Waals surface area (Å²) in [6.45, 7) is 2.30. The Kier molecular flexibility index (Phi) is 7.73. The summed E-state index contributed by atoms with van der Waals surface area (Å²) in [7, 11) is 0. The van der Waals surface area contributed by atoms with Crippen molar-refractivity contribution in [3.8, 4) is 5.75 Å². The standard InChI is InChI=1S/C23H21ClN2O2S/c1-17(29-22-8-3-2-4-9-22)23(27)26-25-15-18-10-12-21(13-11-18)28-16-19-6-5-7-20(24)14-19/h2-15,17H,16H2,1H3,(H,26,27)/b25-15+. The van der Waals surface area contributed by atoms with E-state index in [-0.39, 0.29) is 11.2 Å². The summed E-state index contributed by atoms with van der Waals surface area (Å²) < 4.78 is 5.76. The van der Waals surface area contributed by atoms with Crippen LogP contribution in [0.1, 0.15) is 18.1 Å². The third kappa shape index (κ3) is 6.97. The molecule has 0 aliphatic rings. The summed E-state index contributed by atoms with van der Waals surface area (Å²) in [5, 5.41) is 4.50. The molecule has 0 radical (unpaired) electrons. The van der Waals surface area contributed by atoms with Crippen molar-refractivity contribution in [2.45, 2.75) is 23.7 Å². The Hall–Kier alpha value is -2.76. The lowest BCUT2D eigenvalue weighted by molar-refractivity contribution is -0.120. The van der Waals surface area contributed by atoms with Crippen LogP contribution in [0.2, 0.25) is 5.02 Å². The molecule has 3 rings (SSSR count). The number of nitrogens with one attached hydrogen (secondary N) is 1. The molecule has 148 valence electrons. The van der Waals surface area contributed by atoms with Gasteiger partial charge in [0, 0.05) is 9.92 Å². The largest absolute Gasteiger partial charge is 0.489 e. The second-order valence-corrected chi connectivity index (χ2v) is 8.15. The number of halogens is 1. The van der Waals surface area contributed by atoms with Crippen molar-refractivity contribution in [2.75, 3.05) is 0 Å². The molecule has 3 aromatic rings. The molecule has 0 fully saturated rings. The van der Waals surface area contributed by atoms with Gasteiger partial charge >= 0.3 is 0 Å². The Labute approximate surface area is 179 Å². The fraction of sp³-hybridized carbons (Fsp3) is 0.130. The maximum absolute atomic E-state index is 12.2. The van der Waals surface area contributed by atoms with E-state index in [2.05, 4.69) is 10.5 Å². The predicted molar refractivity (Wildman–Crippen MR) is 120 cm³/mol. The van der Waals surface area contributed by atoms with Gasteiger partial charge in [-0.2, -0.15) is 5.10 Å². The van der Waals surface area contributed by atoms with E-state index in [0.29, 0.717) is 11.6 Å². The van der Waals surface area contributed by atoms with Crippen molar-refractivity contribution in [1.29, 1.82) is 0 Å². The molecule has 6 heteroatoms. The number of benzene rings is 3. The number of hydrazone groups is 1. The summed E-state index contributed by atoms with van der Waals surface area (Å²) in [6, 6.07) is 24.9. The number of ether oxygens (including phenoxy) is 1. The van der Waals surface area contributed by atoms with Gasteiger partial charge in [0.25, 0.3) is 5.91 Å². The molecule has 0 aliphatic carbocycles. The van der Waals surface area contributed by atoms with Crippen molar-refractivity contribution in [3.05, 3.63) is 95.0 Å². The van der Waals surface area contributed by atoms with Crippen LogP contribution in [0.25, 0.3) is 0 Å². The van der Waals surface area contributed by atoms with Gasteiger partial charge in [0.2, 0.25) is 0 Å². The summed E-state index contributed by atoms with van der Waals surface area (Å²) >= 11 is 7.47. The summed E-state index contributed by atoms with van der Waals surface area (Å²) in [6.07, 6.45) is 1.61. The van der Waals surface area contributed by atoms with Crippen LogP contribution in [-0.4, -0.2) is 17.4 Å². The lowest BCUT2D eigenvalue weighted by atomic mass is 10.2. The van der Waals surface area contributed by atoms with Gasteiger partial charge in [-0.05, 0) is 66.6 Å². The topological polar surface area (TPSA) is 50.7 Å². The van der Waals surface area contributed by atoms with Crippen molar-refractivity contribution in [3.63, 3.8) is 0 Å². The zero-order valence-corrected chi connectivity index (χ0v) is 17.5.